The van der Waals surface area contributed by atoms with Crippen molar-refractivity contribution in [3.63, 3.8) is 0 Å². The summed E-state index contributed by atoms with van der Waals surface area (Å²) in [7, 11) is 1.77. The van der Waals surface area contributed by atoms with Gasteiger partial charge in [0.15, 0.2) is 11.5 Å². The van der Waals surface area contributed by atoms with E-state index in [4.69, 9.17) is 21.1 Å². The molecule has 9 heteroatoms. The normalized spacial score (nSPS) is 15.5. The fourth-order valence-corrected chi connectivity index (χ4v) is 4.37. The van der Waals surface area contributed by atoms with Gasteiger partial charge in [0, 0.05) is 43.9 Å². The van der Waals surface area contributed by atoms with Gasteiger partial charge in [-0.05, 0) is 42.8 Å². The van der Waals surface area contributed by atoms with Gasteiger partial charge in [-0.25, -0.2) is 0 Å². The van der Waals surface area contributed by atoms with Gasteiger partial charge in [0.2, 0.25) is 5.91 Å². The summed E-state index contributed by atoms with van der Waals surface area (Å²) >= 11 is 6.43. The Bertz CT molecular complexity index is 1240. The van der Waals surface area contributed by atoms with Crippen LogP contribution in [-0.2, 0) is 11.8 Å². The lowest BCUT2D eigenvalue weighted by atomic mass is 10.1. The molecule has 0 aliphatic carbocycles. The molecule has 3 heterocycles. The average Bonchev–Trinajstić information content (AvgIpc) is 3.31. The summed E-state index contributed by atoms with van der Waals surface area (Å²) in [5.74, 6) is 1.07. The Hall–Kier alpha value is -3.52. The van der Waals surface area contributed by atoms with E-state index in [1.165, 1.54) is 0 Å². The van der Waals surface area contributed by atoms with Crippen LogP contribution in [0.3, 0.4) is 0 Å². The van der Waals surface area contributed by atoms with Gasteiger partial charge in [-0.1, -0.05) is 11.6 Å². The van der Waals surface area contributed by atoms with Gasteiger partial charge in [-0.3, -0.25) is 14.3 Å². The first-order valence-electron chi connectivity index (χ1n) is 10.8. The van der Waals surface area contributed by atoms with Crippen LogP contribution in [0, 0.1) is 0 Å². The number of nitrogens with one attached hydrogen (secondary N) is 1. The molecule has 2 aromatic carbocycles. The molecular formula is C24H23ClN4O4. The minimum absolute atomic E-state index is 0.0591. The summed E-state index contributed by atoms with van der Waals surface area (Å²) < 4.78 is 13.1. The van der Waals surface area contributed by atoms with Crippen LogP contribution in [0.25, 0.3) is 11.3 Å². The van der Waals surface area contributed by atoms with Gasteiger partial charge < -0.3 is 19.7 Å². The van der Waals surface area contributed by atoms with E-state index in [-0.39, 0.29) is 11.8 Å². The molecule has 0 radical (unpaired) electrons. The van der Waals surface area contributed by atoms with Crippen molar-refractivity contribution < 1.29 is 19.1 Å². The zero-order valence-corrected chi connectivity index (χ0v) is 18.9. The summed E-state index contributed by atoms with van der Waals surface area (Å²) in [4.78, 5) is 26.8. The van der Waals surface area contributed by atoms with Crippen molar-refractivity contribution in [3.05, 3.63) is 53.2 Å². The zero-order chi connectivity index (χ0) is 22.9. The van der Waals surface area contributed by atoms with Crippen molar-refractivity contribution in [2.24, 2.45) is 7.05 Å². The highest BCUT2D eigenvalue weighted by molar-refractivity contribution is 6.34. The van der Waals surface area contributed by atoms with Crippen LogP contribution in [0.4, 0.5) is 11.4 Å². The summed E-state index contributed by atoms with van der Waals surface area (Å²) in [6.45, 7) is 1.83. The SMILES string of the molecule is Cn1cc(C(=O)Nc2ccc(N3CCCC3=O)c(Cl)c2)c(-c2ccc3c(c2)OCCCO3)n1. The van der Waals surface area contributed by atoms with E-state index < -0.39 is 0 Å². The monoisotopic (exact) mass is 466 g/mol. The molecule has 0 spiro atoms. The predicted molar refractivity (Wildman–Crippen MR) is 125 cm³/mol. The third-order valence-electron chi connectivity index (χ3n) is 5.66. The van der Waals surface area contributed by atoms with Gasteiger partial charge in [0.05, 0.1) is 29.5 Å². The summed E-state index contributed by atoms with van der Waals surface area (Å²) in [5, 5.41) is 7.80. The highest BCUT2D eigenvalue weighted by atomic mass is 35.5. The molecule has 1 aromatic heterocycles. The van der Waals surface area contributed by atoms with Crippen LogP contribution in [0.2, 0.25) is 5.02 Å². The highest BCUT2D eigenvalue weighted by Gasteiger charge is 2.24. The molecule has 2 aliphatic rings. The number of hydrogen-bond donors (Lipinski definition) is 1. The van der Waals surface area contributed by atoms with Gasteiger partial charge in [0.25, 0.3) is 5.91 Å². The van der Waals surface area contributed by atoms with Crippen molar-refractivity contribution in [2.45, 2.75) is 19.3 Å². The Kier molecular flexibility index (Phi) is 5.68. The van der Waals surface area contributed by atoms with E-state index in [1.54, 1.807) is 41.0 Å². The van der Waals surface area contributed by atoms with Crippen molar-refractivity contribution in [1.82, 2.24) is 9.78 Å². The fraction of sp³-hybridized carbons (Fsp3) is 0.292. The van der Waals surface area contributed by atoms with Gasteiger partial charge >= 0.3 is 0 Å². The minimum atomic E-state index is -0.314. The molecule has 5 rings (SSSR count). The van der Waals surface area contributed by atoms with E-state index in [2.05, 4.69) is 10.4 Å². The average molecular weight is 467 g/mol. The largest absolute Gasteiger partial charge is 0.490 e. The molecule has 8 nitrogen and oxygen atoms in total. The van der Waals surface area contributed by atoms with E-state index in [9.17, 15) is 9.59 Å². The van der Waals surface area contributed by atoms with E-state index in [1.807, 2.05) is 18.2 Å². The van der Waals surface area contributed by atoms with Gasteiger partial charge in [-0.2, -0.15) is 5.10 Å². The van der Waals surface area contributed by atoms with Crippen LogP contribution in [0.5, 0.6) is 11.5 Å². The van der Waals surface area contributed by atoms with E-state index >= 15 is 0 Å². The van der Waals surface area contributed by atoms with E-state index in [0.717, 1.165) is 18.4 Å². The number of rotatable bonds is 4. The molecule has 170 valence electrons. The molecular weight excluding hydrogens is 444 g/mol. The minimum Gasteiger partial charge on any atom is -0.490 e. The number of halogens is 1. The number of carbonyl (C=O) groups excluding carboxylic acids is 2. The van der Waals surface area contributed by atoms with Gasteiger partial charge in [0.1, 0.15) is 5.69 Å². The number of benzene rings is 2. The first kappa shape index (κ1) is 21.3. The Morgan fingerprint density at radius 1 is 1.09 bits per heavy atom. The third kappa shape index (κ3) is 4.26. The molecule has 0 bridgehead atoms. The maximum absolute atomic E-state index is 13.1. The first-order valence-corrected chi connectivity index (χ1v) is 11.2. The zero-order valence-electron chi connectivity index (χ0n) is 18.1. The standard InChI is InChI=1S/C24H23ClN4O4/c1-28-14-17(23(27-28)15-5-8-20-21(12-15)33-11-3-10-32-20)24(31)26-16-6-7-19(18(25)13-16)29-9-2-4-22(29)30/h5-8,12-14H,2-4,9-11H2,1H3,(H,26,31). The Morgan fingerprint density at radius 2 is 1.91 bits per heavy atom. The molecule has 0 saturated carbocycles. The van der Waals surface area contributed by atoms with Crippen molar-refractivity contribution in [2.75, 3.05) is 30.0 Å². The Morgan fingerprint density at radius 3 is 2.67 bits per heavy atom. The maximum atomic E-state index is 13.1. The lowest BCUT2D eigenvalue weighted by Crippen LogP contribution is -2.24. The smallest absolute Gasteiger partial charge is 0.259 e. The number of amides is 2. The summed E-state index contributed by atoms with van der Waals surface area (Å²) in [5.41, 5.74) is 2.91. The number of ether oxygens (including phenoxy) is 2. The number of carbonyl (C=O) groups is 2. The highest BCUT2D eigenvalue weighted by Crippen LogP contribution is 2.35. The predicted octanol–water partition coefficient (Wildman–Crippen LogP) is 4.28. The number of aromatic nitrogens is 2. The van der Waals surface area contributed by atoms with Gasteiger partial charge in [-0.15, -0.1) is 0 Å². The van der Waals surface area contributed by atoms with Crippen LogP contribution in [0.1, 0.15) is 29.6 Å². The Labute approximate surface area is 196 Å². The lowest BCUT2D eigenvalue weighted by molar-refractivity contribution is -0.117. The summed E-state index contributed by atoms with van der Waals surface area (Å²) in [6, 6.07) is 10.7. The maximum Gasteiger partial charge on any atom is 0.259 e. The molecule has 3 aromatic rings. The molecule has 2 amide bonds. The second-order valence-electron chi connectivity index (χ2n) is 8.05. The quantitative estimate of drug-likeness (QED) is 0.620. The number of anilines is 2. The molecule has 0 unspecified atom stereocenters. The second kappa shape index (κ2) is 8.78. The topological polar surface area (TPSA) is 85.7 Å². The Balaban J connectivity index is 1.40. The van der Waals surface area contributed by atoms with Crippen LogP contribution in [-0.4, -0.2) is 41.4 Å². The third-order valence-corrected chi connectivity index (χ3v) is 5.97. The number of fused-ring (bicyclic) bond motifs is 1. The molecule has 1 saturated heterocycles. The fourth-order valence-electron chi connectivity index (χ4n) is 4.08. The van der Waals surface area contributed by atoms with Crippen LogP contribution >= 0.6 is 11.6 Å². The number of aryl methyl sites for hydroxylation is 1. The molecule has 2 aliphatic heterocycles. The van der Waals surface area contributed by atoms with Crippen molar-refractivity contribution >= 4 is 34.8 Å². The van der Waals surface area contributed by atoms with E-state index in [0.29, 0.717) is 65.3 Å². The number of nitrogens with zero attached hydrogens (tertiary/aromatic N) is 3. The lowest BCUT2D eigenvalue weighted by Gasteiger charge is -2.18. The summed E-state index contributed by atoms with van der Waals surface area (Å²) in [6.07, 6.45) is 3.83. The number of hydrogen-bond acceptors (Lipinski definition) is 5. The molecule has 33 heavy (non-hydrogen) atoms. The van der Waals surface area contributed by atoms with Crippen LogP contribution in [0.15, 0.2) is 42.6 Å². The second-order valence-corrected chi connectivity index (χ2v) is 8.45. The van der Waals surface area contributed by atoms with Crippen molar-refractivity contribution in [3.8, 4) is 22.8 Å². The molecule has 1 fully saturated rings. The molecule has 0 atom stereocenters. The van der Waals surface area contributed by atoms with Crippen molar-refractivity contribution in [1.29, 1.82) is 0 Å². The first-order chi connectivity index (χ1) is 16.0. The molecule has 1 N–H and O–H groups in total. The van der Waals surface area contributed by atoms with Crippen LogP contribution < -0.4 is 19.7 Å².